The van der Waals surface area contributed by atoms with E-state index in [9.17, 15) is 9.59 Å². The average molecular weight is 453 g/mol. The molecule has 0 amide bonds. The van der Waals surface area contributed by atoms with Crippen molar-refractivity contribution in [2.24, 2.45) is 7.05 Å². The van der Waals surface area contributed by atoms with Gasteiger partial charge >= 0.3 is 5.97 Å². The first kappa shape index (κ1) is 20.1. The van der Waals surface area contributed by atoms with Crippen LogP contribution in [0.3, 0.4) is 0 Å². The largest absolute Gasteiger partial charge is 0.454 e. The summed E-state index contributed by atoms with van der Waals surface area (Å²) in [6.45, 7) is 1.88. The van der Waals surface area contributed by atoms with E-state index in [0.717, 1.165) is 16.5 Å². The number of allylic oxidation sites excluding steroid dienone is 1. The fraction of sp³-hybridized carbons (Fsp3) is 0.111. The quantitative estimate of drug-likeness (QED) is 0.245. The van der Waals surface area contributed by atoms with Crippen LogP contribution in [0.4, 0.5) is 0 Å². The lowest BCUT2D eigenvalue weighted by molar-refractivity contribution is 0.0732. The first-order valence-electron chi connectivity index (χ1n) is 10.7. The van der Waals surface area contributed by atoms with E-state index >= 15 is 0 Å². The topological polar surface area (TPSA) is 76.0 Å². The molecule has 7 nitrogen and oxygen atoms in total. The van der Waals surface area contributed by atoms with Crippen LogP contribution in [0, 0.1) is 6.92 Å². The Morgan fingerprint density at radius 2 is 1.88 bits per heavy atom. The molecule has 168 valence electrons. The Morgan fingerprint density at radius 3 is 2.76 bits per heavy atom. The third-order valence-electron chi connectivity index (χ3n) is 6.06. The highest BCUT2D eigenvalue weighted by molar-refractivity contribution is 6.15. The Kier molecular flexibility index (Phi) is 4.45. The van der Waals surface area contributed by atoms with Gasteiger partial charge in [-0.05, 0) is 49.4 Å². The van der Waals surface area contributed by atoms with Gasteiger partial charge in [0.2, 0.25) is 12.6 Å². The van der Waals surface area contributed by atoms with Gasteiger partial charge in [-0.25, -0.2) is 4.79 Å². The van der Waals surface area contributed by atoms with Crippen molar-refractivity contribution in [2.45, 2.75) is 6.92 Å². The monoisotopic (exact) mass is 453 g/mol. The summed E-state index contributed by atoms with van der Waals surface area (Å²) < 4.78 is 24.2. The molecule has 0 saturated carbocycles. The van der Waals surface area contributed by atoms with Crippen molar-refractivity contribution in [3.63, 3.8) is 0 Å². The first-order chi connectivity index (χ1) is 16.5. The molecule has 7 heteroatoms. The molecule has 0 fully saturated rings. The predicted molar refractivity (Wildman–Crippen MR) is 125 cm³/mol. The van der Waals surface area contributed by atoms with Crippen LogP contribution in [-0.2, 0) is 7.05 Å². The number of aromatic nitrogens is 1. The number of para-hydroxylation sites is 1. The van der Waals surface area contributed by atoms with Gasteiger partial charge in [-0.1, -0.05) is 18.2 Å². The minimum absolute atomic E-state index is 0.123. The molecular formula is C27H19NO6. The summed E-state index contributed by atoms with van der Waals surface area (Å²) in [7, 11) is 1.96. The van der Waals surface area contributed by atoms with Gasteiger partial charge in [0.1, 0.15) is 11.5 Å². The highest BCUT2D eigenvalue weighted by atomic mass is 16.7. The summed E-state index contributed by atoms with van der Waals surface area (Å²) in [5.41, 5.74) is 3.29. The second-order valence-corrected chi connectivity index (χ2v) is 8.18. The molecule has 0 N–H and O–H groups in total. The van der Waals surface area contributed by atoms with Crippen LogP contribution in [0.25, 0.3) is 17.0 Å². The number of Topliss-reactive ketones (excluding diaryl/α,β-unsaturated/α-hetero) is 1. The molecule has 0 unspecified atom stereocenters. The Labute approximate surface area is 194 Å². The van der Waals surface area contributed by atoms with Gasteiger partial charge in [0.25, 0.3) is 0 Å². The molecule has 2 aliphatic heterocycles. The summed E-state index contributed by atoms with van der Waals surface area (Å²) in [5, 5.41) is 1.03. The van der Waals surface area contributed by atoms with E-state index in [0.29, 0.717) is 39.7 Å². The molecule has 3 heterocycles. The maximum absolute atomic E-state index is 13.0. The van der Waals surface area contributed by atoms with E-state index in [1.165, 1.54) is 0 Å². The van der Waals surface area contributed by atoms with Crippen molar-refractivity contribution in [1.82, 2.24) is 4.57 Å². The maximum atomic E-state index is 13.0. The lowest BCUT2D eigenvalue weighted by atomic mass is 10.1. The number of hydrogen-bond acceptors (Lipinski definition) is 6. The van der Waals surface area contributed by atoms with E-state index in [1.807, 2.05) is 42.1 Å². The number of carbonyl (C=O) groups excluding carboxylic acids is 2. The van der Waals surface area contributed by atoms with Crippen LogP contribution in [0.5, 0.6) is 23.0 Å². The molecule has 0 atom stereocenters. The number of carbonyl (C=O) groups is 2. The lowest BCUT2D eigenvalue weighted by Crippen LogP contribution is -2.09. The van der Waals surface area contributed by atoms with Crippen molar-refractivity contribution in [3.05, 3.63) is 88.8 Å². The van der Waals surface area contributed by atoms with Gasteiger partial charge in [0, 0.05) is 35.3 Å². The number of fused-ring (bicyclic) bond motifs is 3. The van der Waals surface area contributed by atoms with Crippen LogP contribution in [0.1, 0.15) is 31.8 Å². The number of esters is 1. The van der Waals surface area contributed by atoms with Crippen molar-refractivity contribution < 1.29 is 28.5 Å². The lowest BCUT2D eigenvalue weighted by Gasteiger charge is -2.10. The molecule has 0 spiro atoms. The van der Waals surface area contributed by atoms with E-state index in [-0.39, 0.29) is 18.3 Å². The third kappa shape index (κ3) is 3.13. The molecule has 4 aromatic rings. The summed E-state index contributed by atoms with van der Waals surface area (Å²) in [6.07, 6.45) is 3.71. The standard InChI is InChI=1S/C27H19NO6/c1-15-21(34-27(30)16-7-9-22-23(11-16)32-14-31-22)10-8-19-25(29)24(33-26(15)19)12-17-13-28(2)20-6-4-3-5-18(17)20/h3-13H,14H2,1-2H3/b24-12-. The van der Waals surface area contributed by atoms with Crippen molar-refractivity contribution in [3.8, 4) is 23.0 Å². The number of rotatable bonds is 3. The third-order valence-corrected chi connectivity index (χ3v) is 6.06. The molecule has 2 aliphatic rings. The normalized spacial score (nSPS) is 15.0. The van der Waals surface area contributed by atoms with Gasteiger partial charge in [0.05, 0.1) is 11.1 Å². The number of nitrogens with zero attached hydrogens (tertiary/aromatic N) is 1. The summed E-state index contributed by atoms with van der Waals surface area (Å²) in [6, 6.07) is 16.1. The minimum atomic E-state index is -0.544. The van der Waals surface area contributed by atoms with Crippen LogP contribution >= 0.6 is 0 Å². The minimum Gasteiger partial charge on any atom is -0.454 e. The Hall–Kier alpha value is -4.52. The fourth-order valence-electron chi connectivity index (χ4n) is 4.29. The number of aryl methyl sites for hydroxylation is 1. The number of benzene rings is 3. The Bertz CT molecular complexity index is 1540. The van der Waals surface area contributed by atoms with Gasteiger partial charge in [-0.3, -0.25) is 4.79 Å². The molecular weight excluding hydrogens is 434 g/mol. The van der Waals surface area contributed by atoms with Crippen molar-refractivity contribution in [1.29, 1.82) is 0 Å². The fourth-order valence-corrected chi connectivity index (χ4v) is 4.29. The van der Waals surface area contributed by atoms with Gasteiger partial charge in [-0.2, -0.15) is 0 Å². The second kappa shape index (κ2) is 7.52. The highest BCUT2D eigenvalue weighted by Crippen LogP contribution is 2.40. The number of hydrogen-bond donors (Lipinski definition) is 0. The van der Waals surface area contributed by atoms with E-state index < -0.39 is 5.97 Å². The van der Waals surface area contributed by atoms with Crippen LogP contribution in [0.15, 0.2) is 66.6 Å². The molecule has 0 aliphatic carbocycles. The zero-order chi connectivity index (χ0) is 23.4. The molecule has 0 radical (unpaired) electrons. The zero-order valence-electron chi connectivity index (χ0n) is 18.5. The Morgan fingerprint density at radius 1 is 1.06 bits per heavy atom. The predicted octanol–water partition coefficient (Wildman–Crippen LogP) is 5.05. The highest BCUT2D eigenvalue weighted by Gasteiger charge is 2.31. The molecule has 6 rings (SSSR count). The van der Waals surface area contributed by atoms with Gasteiger partial charge in [-0.15, -0.1) is 0 Å². The van der Waals surface area contributed by atoms with Crippen LogP contribution in [-0.4, -0.2) is 23.1 Å². The van der Waals surface area contributed by atoms with Gasteiger partial charge < -0.3 is 23.5 Å². The molecule has 0 saturated heterocycles. The van der Waals surface area contributed by atoms with Crippen LogP contribution in [0.2, 0.25) is 0 Å². The van der Waals surface area contributed by atoms with Crippen molar-refractivity contribution in [2.75, 3.05) is 6.79 Å². The van der Waals surface area contributed by atoms with Gasteiger partial charge in [0.15, 0.2) is 17.3 Å². The molecule has 34 heavy (non-hydrogen) atoms. The second-order valence-electron chi connectivity index (χ2n) is 8.18. The maximum Gasteiger partial charge on any atom is 0.343 e. The van der Waals surface area contributed by atoms with Crippen molar-refractivity contribution >= 4 is 28.7 Å². The summed E-state index contributed by atoms with van der Waals surface area (Å²) in [5.74, 6) is 1.28. The van der Waals surface area contributed by atoms with E-state index in [2.05, 4.69) is 0 Å². The molecule has 0 bridgehead atoms. The smallest absolute Gasteiger partial charge is 0.343 e. The molecule has 3 aromatic carbocycles. The first-order valence-corrected chi connectivity index (χ1v) is 10.7. The zero-order valence-corrected chi connectivity index (χ0v) is 18.5. The SMILES string of the molecule is Cc1c(OC(=O)c2ccc3c(c2)OCO3)ccc2c1O/C(=C\c1cn(C)c3ccccc13)C2=O. The summed E-state index contributed by atoms with van der Waals surface area (Å²) >= 11 is 0. The number of ketones is 1. The number of ether oxygens (including phenoxy) is 4. The molecule has 1 aromatic heterocycles. The van der Waals surface area contributed by atoms with E-state index in [4.69, 9.17) is 18.9 Å². The average Bonchev–Trinajstić information content (AvgIpc) is 3.53. The summed E-state index contributed by atoms with van der Waals surface area (Å²) in [4.78, 5) is 25.7. The van der Waals surface area contributed by atoms with E-state index in [1.54, 1.807) is 43.3 Å². The Balaban J connectivity index is 1.29. The van der Waals surface area contributed by atoms with Crippen LogP contribution < -0.4 is 18.9 Å².